The number of nitrogens with zero attached hydrogens (tertiary/aromatic N) is 5. The Morgan fingerprint density at radius 3 is 2.52 bits per heavy atom. The van der Waals surface area contributed by atoms with Crippen LogP contribution in [0.15, 0.2) is 41.3 Å². The van der Waals surface area contributed by atoms with E-state index in [1.165, 1.54) is 4.57 Å². The van der Waals surface area contributed by atoms with Gasteiger partial charge in [-0.25, -0.2) is 9.59 Å². The van der Waals surface area contributed by atoms with Crippen LogP contribution in [0.4, 0.5) is 10.6 Å². The molecule has 0 spiro atoms. The molecule has 6 rings (SSSR count). The van der Waals surface area contributed by atoms with Gasteiger partial charge in [0.15, 0.2) is 5.82 Å². The van der Waals surface area contributed by atoms with Crippen molar-refractivity contribution in [2.24, 2.45) is 7.05 Å². The number of anilines is 1. The molecule has 2 fully saturated rings. The minimum absolute atomic E-state index is 0.0116. The number of nitrogens with one attached hydrogen (secondary N) is 4. The van der Waals surface area contributed by atoms with Crippen LogP contribution >= 0.6 is 0 Å². The van der Waals surface area contributed by atoms with E-state index in [1.807, 2.05) is 38.1 Å². The number of fused-ring (bicyclic) bond motifs is 1. The number of H-pyrrole nitrogens is 1. The van der Waals surface area contributed by atoms with E-state index in [2.05, 4.69) is 31.2 Å². The number of imidazole rings is 1. The molecule has 4 heterocycles. The lowest BCUT2D eigenvalue weighted by atomic mass is 10.0. The number of alkyl carbamates (subject to hydrolysis) is 1. The molecule has 3 aromatic heterocycles. The summed E-state index contributed by atoms with van der Waals surface area (Å²) in [7, 11) is 1.70. The van der Waals surface area contributed by atoms with E-state index < -0.39 is 18.0 Å². The summed E-state index contributed by atoms with van der Waals surface area (Å²) in [4.78, 5) is 62.2. The summed E-state index contributed by atoms with van der Waals surface area (Å²) in [6, 6.07) is 8.42. The molecule has 18 heteroatoms. The van der Waals surface area contributed by atoms with Gasteiger partial charge in [-0.3, -0.25) is 38.6 Å². The topological polar surface area (TPSA) is 215 Å². The van der Waals surface area contributed by atoms with Crippen LogP contribution in [0.3, 0.4) is 0 Å². The molecule has 4 amide bonds. The van der Waals surface area contributed by atoms with Gasteiger partial charge in [0.05, 0.1) is 50.6 Å². The van der Waals surface area contributed by atoms with E-state index in [9.17, 15) is 24.0 Å². The van der Waals surface area contributed by atoms with Gasteiger partial charge in [0, 0.05) is 50.0 Å². The summed E-state index contributed by atoms with van der Waals surface area (Å²) in [6.07, 6.45) is 5.19. The van der Waals surface area contributed by atoms with E-state index in [0.717, 1.165) is 36.0 Å². The first kappa shape index (κ1) is 40.3. The number of aryl methyl sites for hydroxylation is 2. The molecular weight excluding hydrogens is 726 g/mol. The number of hydrogen-bond acceptors (Lipinski definition) is 11. The summed E-state index contributed by atoms with van der Waals surface area (Å²) in [6.45, 7) is 6.58. The van der Waals surface area contributed by atoms with Crippen molar-refractivity contribution in [1.82, 2.24) is 39.7 Å². The molecule has 1 aliphatic heterocycles. The van der Waals surface area contributed by atoms with Gasteiger partial charge in [0.1, 0.15) is 17.8 Å². The Bertz CT molecular complexity index is 2050. The zero-order chi connectivity index (χ0) is 39.6. The van der Waals surface area contributed by atoms with E-state index in [4.69, 9.17) is 18.9 Å². The SMILES string of the molecule is CC(C)NC(=O)O[C@@H]1CC[C@H](c2cc(NC(=O)c3ccnn3CCOCCOCCOCCCc3cccc4c3n(C)c(=O)n4C3CCC(=O)NC3=O)n[nH]2)C1. The molecule has 0 bridgehead atoms. The van der Waals surface area contributed by atoms with E-state index in [0.29, 0.717) is 82.5 Å². The Morgan fingerprint density at radius 2 is 1.75 bits per heavy atom. The van der Waals surface area contributed by atoms with Gasteiger partial charge in [0.25, 0.3) is 5.91 Å². The number of aromatic nitrogens is 6. The highest BCUT2D eigenvalue weighted by atomic mass is 16.6. The van der Waals surface area contributed by atoms with Gasteiger partial charge in [-0.15, -0.1) is 0 Å². The number of ether oxygens (including phenoxy) is 4. The maximum Gasteiger partial charge on any atom is 0.407 e. The van der Waals surface area contributed by atoms with Gasteiger partial charge in [0.2, 0.25) is 11.8 Å². The number of para-hydroxylation sites is 1. The van der Waals surface area contributed by atoms with Gasteiger partial charge in [-0.05, 0) is 70.1 Å². The summed E-state index contributed by atoms with van der Waals surface area (Å²) in [5, 5.41) is 19.4. The third-order valence-electron chi connectivity index (χ3n) is 9.93. The van der Waals surface area contributed by atoms with Crippen molar-refractivity contribution in [2.45, 2.75) is 89.4 Å². The molecule has 1 saturated carbocycles. The molecule has 1 unspecified atom stereocenters. The van der Waals surface area contributed by atoms with Crippen molar-refractivity contribution in [3.8, 4) is 0 Å². The van der Waals surface area contributed by atoms with Crippen LogP contribution in [0.25, 0.3) is 11.0 Å². The normalized spacial score (nSPS) is 18.5. The second kappa shape index (κ2) is 19.0. The molecule has 4 N–H and O–H groups in total. The average Bonchev–Trinajstić information content (AvgIpc) is 3.97. The molecule has 56 heavy (non-hydrogen) atoms. The Labute approximate surface area is 323 Å². The van der Waals surface area contributed by atoms with Crippen LogP contribution < -0.4 is 21.6 Å². The van der Waals surface area contributed by atoms with Crippen molar-refractivity contribution in [1.29, 1.82) is 0 Å². The molecule has 2 aliphatic rings. The first-order valence-electron chi connectivity index (χ1n) is 19.2. The first-order chi connectivity index (χ1) is 27.1. The highest BCUT2D eigenvalue weighted by Crippen LogP contribution is 2.36. The molecule has 1 aromatic carbocycles. The van der Waals surface area contributed by atoms with Crippen molar-refractivity contribution >= 4 is 40.7 Å². The van der Waals surface area contributed by atoms with Gasteiger partial charge >= 0.3 is 11.8 Å². The molecule has 18 nitrogen and oxygen atoms in total. The summed E-state index contributed by atoms with van der Waals surface area (Å²) in [5.41, 5.74) is 3.41. The third-order valence-corrected chi connectivity index (χ3v) is 9.93. The Morgan fingerprint density at radius 1 is 0.982 bits per heavy atom. The molecular formula is C38H51N9O9. The zero-order valence-corrected chi connectivity index (χ0v) is 32.1. The number of imide groups is 1. The predicted molar refractivity (Wildman–Crippen MR) is 203 cm³/mol. The lowest BCUT2D eigenvalue weighted by molar-refractivity contribution is -0.135. The summed E-state index contributed by atoms with van der Waals surface area (Å²) < 4.78 is 27.2. The van der Waals surface area contributed by atoms with Gasteiger partial charge in [-0.1, -0.05) is 12.1 Å². The van der Waals surface area contributed by atoms with Crippen molar-refractivity contribution < 1.29 is 38.1 Å². The lowest BCUT2D eigenvalue weighted by Gasteiger charge is -2.21. The fourth-order valence-electron chi connectivity index (χ4n) is 7.25. The van der Waals surface area contributed by atoms with Crippen LogP contribution in [0.5, 0.6) is 0 Å². The lowest BCUT2D eigenvalue weighted by Crippen LogP contribution is -2.44. The van der Waals surface area contributed by atoms with Crippen molar-refractivity contribution in [3.05, 3.63) is 64.0 Å². The maximum absolute atomic E-state index is 13.1. The molecule has 4 aromatic rings. The van der Waals surface area contributed by atoms with Crippen molar-refractivity contribution in [2.75, 3.05) is 45.0 Å². The Balaban J connectivity index is 0.833. The summed E-state index contributed by atoms with van der Waals surface area (Å²) >= 11 is 0. The van der Waals surface area contributed by atoms with Gasteiger partial charge in [-0.2, -0.15) is 10.2 Å². The maximum atomic E-state index is 13.1. The van der Waals surface area contributed by atoms with Crippen LogP contribution in [-0.4, -0.2) is 105 Å². The molecule has 0 radical (unpaired) electrons. The largest absolute Gasteiger partial charge is 0.446 e. The fraction of sp³-hybridized carbons (Fsp3) is 0.553. The van der Waals surface area contributed by atoms with E-state index in [-0.39, 0.29) is 42.0 Å². The number of amides is 4. The first-order valence-corrected chi connectivity index (χ1v) is 19.2. The molecule has 1 saturated heterocycles. The summed E-state index contributed by atoms with van der Waals surface area (Å²) in [5.74, 6) is -0.557. The molecule has 1 aliphatic carbocycles. The minimum Gasteiger partial charge on any atom is -0.446 e. The smallest absolute Gasteiger partial charge is 0.407 e. The zero-order valence-electron chi connectivity index (χ0n) is 32.1. The number of aromatic amines is 1. The second-order valence-electron chi connectivity index (χ2n) is 14.3. The predicted octanol–water partition coefficient (Wildman–Crippen LogP) is 2.94. The monoisotopic (exact) mass is 777 g/mol. The fourth-order valence-corrected chi connectivity index (χ4v) is 7.25. The van der Waals surface area contributed by atoms with Crippen LogP contribution in [0.1, 0.15) is 86.1 Å². The third kappa shape index (κ3) is 10.1. The standard InChI is InChI=1S/C38H51N9O9/c1-24(2)40-37(51)56-27-10-9-26(22-27)28-23-32(44-43-28)41-35(49)30-13-14-39-46(30)15-17-54-19-21-55-20-18-53-16-5-7-25-6-4-8-29-34(25)45(3)38(52)47(29)31-11-12-33(48)42-36(31)50/h4,6,8,13-14,23-24,26-27,31H,5,7,9-12,15-22H2,1-3H3,(H,40,51)(H,42,48,50)(H2,41,43,44,49)/t26-,27+,31?/m0/s1. The second-order valence-corrected chi connectivity index (χ2v) is 14.3. The van der Waals surface area contributed by atoms with Crippen LogP contribution in [0.2, 0.25) is 0 Å². The number of hydrogen-bond donors (Lipinski definition) is 4. The highest BCUT2D eigenvalue weighted by Gasteiger charge is 2.32. The number of carbonyl (C=O) groups excluding carboxylic acids is 4. The van der Waals surface area contributed by atoms with E-state index in [1.54, 1.807) is 28.6 Å². The number of benzene rings is 1. The number of carbonyl (C=O) groups is 4. The average molecular weight is 778 g/mol. The van der Waals surface area contributed by atoms with E-state index >= 15 is 0 Å². The highest BCUT2D eigenvalue weighted by molar-refractivity contribution is 6.02. The number of rotatable bonds is 19. The van der Waals surface area contributed by atoms with Gasteiger partial charge < -0.3 is 29.6 Å². The molecule has 3 atom stereocenters. The molecule has 302 valence electrons. The number of piperidine rings is 1. The van der Waals surface area contributed by atoms with Crippen LogP contribution in [0, 0.1) is 0 Å². The Kier molecular flexibility index (Phi) is 13.7. The minimum atomic E-state index is -0.717. The van der Waals surface area contributed by atoms with Crippen molar-refractivity contribution in [3.63, 3.8) is 0 Å². The Hall–Kier alpha value is -5.33. The van der Waals surface area contributed by atoms with Crippen LogP contribution in [-0.2, 0) is 48.5 Å². The quantitative estimate of drug-likeness (QED) is 0.0803.